The van der Waals surface area contributed by atoms with Gasteiger partial charge in [0.2, 0.25) is 0 Å². The highest BCUT2D eigenvalue weighted by atomic mass is 127. The van der Waals surface area contributed by atoms with Gasteiger partial charge < -0.3 is 4.18 Å². The maximum Gasteiger partial charge on any atom is 0.339 e. The lowest BCUT2D eigenvalue weighted by Crippen LogP contribution is -2.09. The zero-order chi connectivity index (χ0) is 13.2. The fourth-order valence-corrected chi connectivity index (χ4v) is 2.83. The molecule has 0 aliphatic rings. The number of hydrogen-bond acceptors (Lipinski definition) is 3. The van der Waals surface area contributed by atoms with Gasteiger partial charge in [-0.15, -0.1) is 0 Å². The topological polar surface area (TPSA) is 43.4 Å². The molecule has 0 unspecified atom stereocenters. The van der Waals surface area contributed by atoms with Crippen molar-refractivity contribution in [3.8, 4) is 5.75 Å². The Bertz CT molecular complexity index is 648. The molecule has 5 heteroatoms. The number of hydrogen-bond donors (Lipinski definition) is 0. The summed E-state index contributed by atoms with van der Waals surface area (Å²) in [6.45, 7) is 1.84. The van der Waals surface area contributed by atoms with Gasteiger partial charge in [0.15, 0.2) is 0 Å². The molecule has 0 aliphatic heterocycles. The summed E-state index contributed by atoms with van der Waals surface area (Å²) >= 11 is 2.14. The molecule has 0 bridgehead atoms. The van der Waals surface area contributed by atoms with Gasteiger partial charge >= 0.3 is 10.1 Å². The molecule has 0 N–H and O–H groups in total. The predicted octanol–water partition coefficient (Wildman–Crippen LogP) is 3.37. The first-order valence-corrected chi connectivity index (χ1v) is 7.73. The molecular weight excluding hydrogens is 363 g/mol. The molecule has 2 aromatic carbocycles. The summed E-state index contributed by atoms with van der Waals surface area (Å²) in [5.41, 5.74) is 0.877. The van der Waals surface area contributed by atoms with Crippen molar-refractivity contribution in [2.45, 2.75) is 11.8 Å². The lowest BCUT2D eigenvalue weighted by molar-refractivity contribution is 0.486. The summed E-state index contributed by atoms with van der Waals surface area (Å²) in [6, 6.07) is 13.5. The predicted molar refractivity (Wildman–Crippen MR) is 78.2 cm³/mol. The van der Waals surface area contributed by atoms with Crippen LogP contribution in [0.5, 0.6) is 5.75 Å². The maximum atomic E-state index is 12.0. The monoisotopic (exact) mass is 374 g/mol. The SMILES string of the molecule is Cc1cccc(S(=O)(=O)Oc2ccc(I)cc2)c1. The molecule has 0 fully saturated rings. The molecule has 0 radical (unpaired) electrons. The average molecular weight is 374 g/mol. The van der Waals surface area contributed by atoms with Crippen molar-refractivity contribution in [3.05, 3.63) is 57.7 Å². The smallest absolute Gasteiger partial charge is 0.339 e. The Kier molecular flexibility index (Phi) is 3.91. The molecular formula is C13H11IO3S. The van der Waals surface area contributed by atoms with E-state index in [1.165, 1.54) is 6.07 Å². The largest absolute Gasteiger partial charge is 0.379 e. The minimum Gasteiger partial charge on any atom is -0.379 e. The van der Waals surface area contributed by atoms with E-state index in [4.69, 9.17) is 4.18 Å². The molecule has 0 aromatic heterocycles. The fourth-order valence-electron chi connectivity index (χ4n) is 1.44. The summed E-state index contributed by atoms with van der Waals surface area (Å²) in [5.74, 6) is 0.317. The number of benzene rings is 2. The number of aryl methyl sites for hydroxylation is 1. The molecule has 0 atom stereocenters. The van der Waals surface area contributed by atoms with Crippen LogP contribution in [0.25, 0.3) is 0 Å². The van der Waals surface area contributed by atoms with Crippen LogP contribution in [-0.2, 0) is 10.1 Å². The number of halogens is 1. The van der Waals surface area contributed by atoms with Crippen molar-refractivity contribution in [1.29, 1.82) is 0 Å². The molecule has 2 rings (SSSR count). The van der Waals surface area contributed by atoms with Gasteiger partial charge in [0, 0.05) is 3.57 Å². The lowest BCUT2D eigenvalue weighted by atomic mass is 10.2. The molecule has 3 nitrogen and oxygen atoms in total. The molecule has 18 heavy (non-hydrogen) atoms. The van der Waals surface area contributed by atoms with E-state index in [9.17, 15) is 8.42 Å². The van der Waals surface area contributed by atoms with Crippen molar-refractivity contribution in [2.24, 2.45) is 0 Å². The van der Waals surface area contributed by atoms with Gasteiger partial charge in [0.1, 0.15) is 10.6 Å². The van der Waals surface area contributed by atoms with Crippen LogP contribution in [0.15, 0.2) is 53.4 Å². The summed E-state index contributed by atoms with van der Waals surface area (Å²) in [4.78, 5) is 0.168. The van der Waals surface area contributed by atoms with Crippen LogP contribution >= 0.6 is 22.6 Å². The Morgan fingerprint density at radius 3 is 2.33 bits per heavy atom. The molecule has 2 aromatic rings. The molecule has 0 saturated heterocycles. The van der Waals surface area contributed by atoms with Crippen LogP contribution in [0.1, 0.15) is 5.56 Å². The second-order valence-electron chi connectivity index (χ2n) is 3.81. The van der Waals surface area contributed by atoms with Crippen LogP contribution in [0.3, 0.4) is 0 Å². The van der Waals surface area contributed by atoms with Gasteiger partial charge in [-0.05, 0) is 71.5 Å². The molecule has 0 spiro atoms. The fraction of sp³-hybridized carbons (Fsp3) is 0.0769. The summed E-state index contributed by atoms with van der Waals surface area (Å²) < 4.78 is 30.1. The van der Waals surface area contributed by atoms with Crippen LogP contribution < -0.4 is 4.18 Å². The van der Waals surface area contributed by atoms with Gasteiger partial charge in [-0.25, -0.2) is 0 Å². The van der Waals surface area contributed by atoms with E-state index in [0.717, 1.165) is 9.13 Å². The van der Waals surface area contributed by atoms with E-state index in [-0.39, 0.29) is 4.90 Å². The second-order valence-corrected chi connectivity index (χ2v) is 6.60. The van der Waals surface area contributed by atoms with Gasteiger partial charge in [-0.1, -0.05) is 12.1 Å². The van der Waals surface area contributed by atoms with E-state index in [0.29, 0.717) is 5.75 Å². The highest BCUT2D eigenvalue weighted by Gasteiger charge is 2.16. The average Bonchev–Trinajstić information content (AvgIpc) is 2.32. The van der Waals surface area contributed by atoms with E-state index < -0.39 is 10.1 Å². The van der Waals surface area contributed by atoms with Crippen LogP contribution in [0.2, 0.25) is 0 Å². The third-order valence-electron chi connectivity index (χ3n) is 2.30. The van der Waals surface area contributed by atoms with Crippen molar-refractivity contribution in [3.63, 3.8) is 0 Å². The molecule has 0 heterocycles. The van der Waals surface area contributed by atoms with Crippen LogP contribution in [0.4, 0.5) is 0 Å². The third kappa shape index (κ3) is 3.23. The van der Waals surface area contributed by atoms with Gasteiger partial charge in [-0.3, -0.25) is 0 Å². The lowest BCUT2D eigenvalue weighted by Gasteiger charge is -2.07. The highest BCUT2D eigenvalue weighted by molar-refractivity contribution is 14.1. The molecule has 94 valence electrons. The van der Waals surface area contributed by atoms with Crippen molar-refractivity contribution in [1.82, 2.24) is 0 Å². The van der Waals surface area contributed by atoms with E-state index in [1.54, 1.807) is 36.4 Å². The van der Waals surface area contributed by atoms with E-state index >= 15 is 0 Å². The Balaban J connectivity index is 2.30. The molecule has 0 aliphatic carbocycles. The summed E-state index contributed by atoms with van der Waals surface area (Å²) in [5, 5.41) is 0. The van der Waals surface area contributed by atoms with Crippen molar-refractivity contribution < 1.29 is 12.6 Å². The van der Waals surface area contributed by atoms with Crippen molar-refractivity contribution in [2.75, 3.05) is 0 Å². The van der Waals surface area contributed by atoms with Gasteiger partial charge in [0.05, 0.1) is 0 Å². The Hall–Kier alpha value is -1.08. The molecule has 0 amide bonds. The van der Waals surface area contributed by atoms with Crippen LogP contribution in [-0.4, -0.2) is 8.42 Å². The first-order chi connectivity index (χ1) is 8.47. The zero-order valence-corrected chi connectivity index (χ0v) is 12.6. The quantitative estimate of drug-likeness (QED) is 0.611. The van der Waals surface area contributed by atoms with Gasteiger partial charge in [-0.2, -0.15) is 8.42 Å². The Labute approximate surface area is 120 Å². The summed E-state index contributed by atoms with van der Waals surface area (Å²) in [7, 11) is -3.75. The zero-order valence-electron chi connectivity index (χ0n) is 9.63. The standard InChI is InChI=1S/C13H11IO3S/c1-10-3-2-4-13(9-10)18(15,16)17-12-7-5-11(14)6-8-12/h2-9H,1H3. The van der Waals surface area contributed by atoms with Crippen LogP contribution in [0, 0.1) is 10.5 Å². The number of rotatable bonds is 3. The normalized spacial score (nSPS) is 11.2. The minimum absolute atomic E-state index is 0.168. The first-order valence-electron chi connectivity index (χ1n) is 5.24. The third-order valence-corrected chi connectivity index (χ3v) is 4.26. The minimum atomic E-state index is -3.75. The maximum absolute atomic E-state index is 12.0. The van der Waals surface area contributed by atoms with E-state index in [2.05, 4.69) is 22.6 Å². The first kappa shape index (κ1) is 13.4. The van der Waals surface area contributed by atoms with Gasteiger partial charge in [0.25, 0.3) is 0 Å². The van der Waals surface area contributed by atoms with E-state index in [1.807, 2.05) is 13.0 Å². The summed E-state index contributed by atoms with van der Waals surface area (Å²) in [6.07, 6.45) is 0. The molecule has 0 saturated carbocycles. The second kappa shape index (κ2) is 5.27. The highest BCUT2D eigenvalue weighted by Crippen LogP contribution is 2.20. The Morgan fingerprint density at radius 2 is 1.72 bits per heavy atom. The van der Waals surface area contributed by atoms with Crippen molar-refractivity contribution >= 4 is 32.7 Å². The Morgan fingerprint density at radius 1 is 1.06 bits per heavy atom.